The van der Waals surface area contributed by atoms with Gasteiger partial charge in [0.1, 0.15) is 17.9 Å². The van der Waals surface area contributed by atoms with Crippen LogP contribution < -0.4 is 27.3 Å². The summed E-state index contributed by atoms with van der Waals surface area (Å²) in [5.74, 6) is 1.13. The standard InChI is InChI=1S/C25H33N7O3/c1-16-17(13-30-23-21(16)22(26)31-24(27)32-23)12-29-18-6-8-20(9-7-18)34-11-10-25(28,14-33)15-35-19-4-2-3-5-19/h6-9,13-14,19,29H,2-5,10-12,15,28H2,1H3,(H4,26,27,30,31,32)/t25-/m1/s1. The lowest BCUT2D eigenvalue weighted by molar-refractivity contribution is -0.116. The van der Waals surface area contributed by atoms with Crippen molar-refractivity contribution in [3.05, 3.63) is 41.6 Å². The summed E-state index contributed by atoms with van der Waals surface area (Å²) >= 11 is 0. The third-order valence-electron chi connectivity index (χ3n) is 6.43. The van der Waals surface area contributed by atoms with Crippen LogP contribution in [0.1, 0.15) is 43.2 Å². The van der Waals surface area contributed by atoms with E-state index < -0.39 is 5.54 Å². The second-order valence-electron chi connectivity index (χ2n) is 9.12. The molecule has 1 aliphatic rings. The van der Waals surface area contributed by atoms with Crippen LogP contribution in [0, 0.1) is 6.92 Å². The summed E-state index contributed by atoms with van der Waals surface area (Å²) in [6.07, 6.45) is 7.58. The average molecular weight is 480 g/mol. The fraction of sp³-hybridized carbons (Fsp3) is 0.440. The molecule has 0 aliphatic heterocycles. The van der Waals surface area contributed by atoms with Gasteiger partial charge < -0.3 is 36.8 Å². The van der Waals surface area contributed by atoms with Gasteiger partial charge in [-0.05, 0) is 55.2 Å². The van der Waals surface area contributed by atoms with E-state index in [2.05, 4.69) is 20.3 Å². The molecule has 0 spiro atoms. The number of nitrogens with two attached hydrogens (primary N) is 3. The predicted octanol–water partition coefficient (Wildman–Crippen LogP) is 2.73. The van der Waals surface area contributed by atoms with E-state index in [1.54, 1.807) is 6.20 Å². The number of aromatic nitrogens is 3. The number of hydrogen-bond acceptors (Lipinski definition) is 10. The minimum absolute atomic E-state index is 0.107. The molecule has 0 radical (unpaired) electrons. The highest BCUT2D eigenvalue weighted by molar-refractivity contribution is 5.90. The molecule has 10 heteroatoms. The van der Waals surface area contributed by atoms with E-state index in [0.29, 0.717) is 42.2 Å². The highest BCUT2D eigenvalue weighted by atomic mass is 16.5. The molecule has 0 bridgehead atoms. The first-order valence-electron chi connectivity index (χ1n) is 11.9. The van der Waals surface area contributed by atoms with Crippen LogP contribution in [0.4, 0.5) is 17.5 Å². The summed E-state index contributed by atoms with van der Waals surface area (Å²) in [6.45, 7) is 3.06. The Morgan fingerprint density at radius 3 is 2.63 bits per heavy atom. The minimum Gasteiger partial charge on any atom is -0.494 e. The number of rotatable bonds is 11. The van der Waals surface area contributed by atoms with Gasteiger partial charge in [0.15, 0.2) is 5.65 Å². The maximum atomic E-state index is 11.5. The zero-order chi connectivity index (χ0) is 24.8. The number of benzene rings is 1. The molecule has 4 rings (SSSR count). The zero-order valence-electron chi connectivity index (χ0n) is 20.0. The highest BCUT2D eigenvalue weighted by Gasteiger charge is 2.27. The number of nitrogen functional groups attached to an aromatic ring is 2. The fourth-order valence-corrected chi connectivity index (χ4v) is 4.23. The van der Waals surface area contributed by atoms with Crippen molar-refractivity contribution >= 4 is 34.8 Å². The Hall–Kier alpha value is -3.50. The number of ether oxygens (including phenoxy) is 2. The average Bonchev–Trinajstić information content (AvgIpc) is 3.37. The molecule has 3 aromatic rings. The van der Waals surface area contributed by atoms with Crippen LogP contribution in [0.5, 0.6) is 5.75 Å². The fourth-order valence-electron chi connectivity index (χ4n) is 4.23. The monoisotopic (exact) mass is 479 g/mol. The van der Waals surface area contributed by atoms with E-state index in [-0.39, 0.29) is 18.7 Å². The van der Waals surface area contributed by atoms with E-state index in [4.69, 9.17) is 26.7 Å². The molecule has 0 amide bonds. The van der Waals surface area contributed by atoms with Gasteiger partial charge in [-0.15, -0.1) is 0 Å². The molecule has 0 saturated heterocycles. The SMILES string of the molecule is Cc1c(CNc2ccc(OCC[C@@](N)(C=O)COC3CCCC3)cc2)cnc2nc(N)nc(N)c12. The third-order valence-corrected chi connectivity index (χ3v) is 6.43. The number of pyridine rings is 1. The zero-order valence-corrected chi connectivity index (χ0v) is 20.0. The van der Waals surface area contributed by atoms with E-state index in [1.165, 1.54) is 12.8 Å². The topological polar surface area (TPSA) is 164 Å². The van der Waals surface area contributed by atoms with Crippen LogP contribution in [0.3, 0.4) is 0 Å². The van der Waals surface area contributed by atoms with Crippen LogP contribution >= 0.6 is 0 Å². The lowest BCUT2D eigenvalue weighted by Gasteiger charge is -2.25. The smallest absolute Gasteiger partial charge is 0.224 e. The van der Waals surface area contributed by atoms with Crippen molar-refractivity contribution in [2.24, 2.45) is 5.73 Å². The summed E-state index contributed by atoms with van der Waals surface area (Å²) in [4.78, 5) is 24.1. The second kappa shape index (κ2) is 10.8. The van der Waals surface area contributed by atoms with Crippen molar-refractivity contribution in [2.45, 2.75) is 57.2 Å². The summed E-state index contributed by atoms with van der Waals surface area (Å²) in [7, 11) is 0. The summed E-state index contributed by atoms with van der Waals surface area (Å²) < 4.78 is 11.7. The van der Waals surface area contributed by atoms with Crippen molar-refractivity contribution in [2.75, 3.05) is 30.0 Å². The van der Waals surface area contributed by atoms with Crippen molar-refractivity contribution in [1.29, 1.82) is 0 Å². The van der Waals surface area contributed by atoms with Crippen molar-refractivity contribution in [3.63, 3.8) is 0 Å². The Kier molecular flexibility index (Phi) is 7.62. The molecule has 1 aromatic carbocycles. The molecule has 2 heterocycles. The number of hydrogen-bond donors (Lipinski definition) is 4. The van der Waals surface area contributed by atoms with Gasteiger partial charge >= 0.3 is 0 Å². The molecule has 35 heavy (non-hydrogen) atoms. The summed E-state index contributed by atoms with van der Waals surface area (Å²) in [5.41, 5.74) is 20.2. The van der Waals surface area contributed by atoms with Crippen molar-refractivity contribution < 1.29 is 14.3 Å². The Bertz CT molecular complexity index is 1170. The first-order chi connectivity index (χ1) is 16.9. The van der Waals surface area contributed by atoms with Gasteiger partial charge in [-0.3, -0.25) is 0 Å². The van der Waals surface area contributed by atoms with Gasteiger partial charge in [0.2, 0.25) is 5.95 Å². The van der Waals surface area contributed by atoms with E-state index >= 15 is 0 Å². The Morgan fingerprint density at radius 2 is 1.91 bits per heavy atom. The summed E-state index contributed by atoms with van der Waals surface area (Å²) in [6, 6.07) is 7.60. The van der Waals surface area contributed by atoms with Crippen LogP contribution in [0.2, 0.25) is 0 Å². The normalized spacial score (nSPS) is 15.7. The van der Waals surface area contributed by atoms with Crippen LogP contribution in [0.25, 0.3) is 11.0 Å². The molecule has 10 nitrogen and oxygen atoms in total. The van der Waals surface area contributed by atoms with E-state index in [0.717, 1.165) is 35.9 Å². The molecular formula is C25H33N7O3. The third kappa shape index (κ3) is 6.14. The number of carbonyl (C=O) groups is 1. The lowest BCUT2D eigenvalue weighted by atomic mass is 10.0. The summed E-state index contributed by atoms with van der Waals surface area (Å²) in [5, 5.41) is 4.08. The molecule has 1 saturated carbocycles. The molecule has 1 aliphatic carbocycles. The van der Waals surface area contributed by atoms with E-state index in [1.807, 2.05) is 31.2 Å². The Morgan fingerprint density at radius 1 is 1.17 bits per heavy atom. The second-order valence-corrected chi connectivity index (χ2v) is 9.12. The molecule has 0 unspecified atom stereocenters. The number of anilines is 3. The largest absolute Gasteiger partial charge is 0.494 e. The lowest BCUT2D eigenvalue weighted by Crippen LogP contribution is -2.48. The highest BCUT2D eigenvalue weighted by Crippen LogP contribution is 2.25. The quantitative estimate of drug-likeness (QED) is 0.300. The van der Waals surface area contributed by atoms with Crippen LogP contribution in [-0.4, -0.2) is 46.1 Å². The number of aryl methyl sites for hydroxylation is 1. The molecule has 2 aromatic heterocycles. The molecular weight excluding hydrogens is 446 g/mol. The van der Waals surface area contributed by atoms with Crippen molar-refractivity contribution in [3.8, 4) is 5.75 Å². The number of nitrogens with zero attached hydrogens (tertiary/aromatic N) is 3. The Labute approximate surface area is 204 Å². The Balaban J connectivity index is 1.28. The predicted molar refractivity (Wildman–Crippen MR) is 136 cm³/mol. The minimum atomic E-state index is -1.03. The van der Waals surface area contributed by atoms with Gasteiger partial charge in [0, 0.05) is 24.8 Å². The van der Waals surface area contributed by atoms with Crippen molar-refractivity contribution in [1.82, 2.24) is 15.0 Å². The molecule has 186 valence electrons. The van der Waals surface area contributed by atoms with Crippen LogP contribution in [-0.2, 0) is 16.1 Å². The number of aldehydes is 1. The maximum Gasteiger partial charge on any atom is 0.224 e. The van der Waals surface area contributed by atoms with Crippen LogP contribution in [0.15, 0.2) is 30.5 Å². The first-order valence-corrected chi connectivity index (χ1v) is 11.9. The van der Waals surface area contributed by atoms with E-state index in [9.17, 15) is 4.79 Å². The molecule has 1 fully saturated rings. The number of carbonyl (C=O) groups excluding carboxylic acids is 1. The maximum absolute atomic E-state index is 11.5. The first kappa shape index (κ1) is 24.6. The molecule has 7 N–H and O–H groups in total. The number of nitrogens with one attached hydrogen (secondary N) is 1. The van der Waals surface area contributed by atoms with Gasteiger partial charge in [0.25, 0.3) is 0 Å². The van der Waals surface area contributed by atoms with Gasteiger partial charge in [0.05, 0.1) is 30.2 Å². The van der Waals surface area contributed by atoms with Gasteiger partial charge in [-0.2, -0.15) is 9.97 Å². The molecule has 1 atom stereocenters. The van der Waals surface area contributed by atoms with Gasteiger partial charge in [-0.1, -0.05) is 12.8 Å². The van der Waals surface area contributed by atoms with Gasteiger partial charge in [-0.25, -0.2) is 4.98 Å². The number of fused-ring (bicyclic) bond motifs is 1.